The lowest BCUT2D eigenvalue weighted by Gasteiger charge is -2.31. The standard InChI is InChI=1S/C16H25N3O/c1-16(2,13-5-7-14(17)8-6-13)15(20)19-10-4-9-18(3)11-12-19/h5-8H,4,9-12,17H2,1-3H3. The van der Waals surface area contributed by atoms with Gasteiger partial charge in [-0.3, -0.25) is 4.79 Å². The number of likely N-dealkylation sites (N-methyl/N-ethyl adjacent to an activating group) is 1. The van der Waals surface area contributed by atoms with Crippen molar-refractivity contribution in [3.8, 4) is 0 Å². The highest BCUT2D eigenvalue weighted by Crippen LogP contribution is 2.27. The molecule has 0 atom stereocenters. The van der Waals surface area contributed by atoms with Crippen molar-refractivity contribution < 1.29 is 4.79 Å². The topological polar surface area (TPSA) is 49.6 Å². The first kappa shape index (κ1) is 14.9. The molecule has 110 valence electrons. The summed E-state index contributed by atoms with van der Waals surface area (Å²) in [5, 5.41) is 0. The fourth-order valence-corrected chi connectivity index (χ4v) is 2.67. The average molecular weight is 275 g/mol. The van der Waals surface area contributed by atoms with E-state index in [1.165, 1.54) is 0 Å². The molecule has 0 aliphatic carbocycles. The van der Waals surface area contributed by atoms with Crippen LogP contribution in [0.15, 0.2) is 24.3 Å². The molecule has 1 aromatic rings. The van der Waals surface area contributed by atoms with E-state index in [0.717, 1.165) is 43.9 Å². The van der Waals surface area contributed by atoms with Gasteiger partial charge in [-0.1, -0.05) is 12.1 Å². The van der Waals surface area contributed by atoms with E-state index in [1.54, 1.807) is 0 Å². The van der Waals surface area contributed by atoms with E-state index in [9.17, 15) is 4.79 Å². The Morgan fingerprint density at radius 1 is 1.10 bits per heavy atom. The van der Waals surface area contributed by atoms with Gasteiger partial charge in [0.05, 0.1) is 5.41 Å². The van der Waals surface area contributed by atoms with Gasteiger partial charge in [0.1, 0.15) is 0 Å². The Hall–Kier alpha value is -1.55. The van der Waals surface area contributed by atoms with Crippen molar-refractivity contribution in [1.29, 1.82) is 0 Å². The van der Waals surface area contributed by atoms with Crippen LogP contribution in [0.5, 0.6) is 0 Å². The van der Waals surface area contributed by atoms with Gasteiger partial charge in [-0.05, 0) is 51.6 Å². The Labute approximate surface area is 121 Å². The van der Waals surface area contributed by atoms with E-state index >= 15 is 0 Å². The smallest absolute Gasteiger partial charge is 0.232 e. The van der Waals surface area contributed by atoms with Crippen LogP contribution in [0.4, 0.5) is 5.69 Å². The Bertz CT molecular complexity index is 467. The number of carbonyl (C=O) groups is 1. The van der Waals surface area contributed by atoms with Crippen LogP contribution in [-0.4, -0.2) is 48.9 Å². The summed E-state index contributed by atoms with van der Waals surface area (Å²) in [6.45, 7) is 7.66. The van der Waals surface area contributed by atoms with Gasteiger partial charge in [0, 0.05) is 25.3 Å². The predicted molar refractivity (Wildman–Crippen MR) is 82.6 cm³/mol. The highest BCUT2D eigenvalue weighted by atomic mass is 16.2. The summed E-state index contributed by atoms with van der Waals surface area (Å²) in [5.74, 6) is 0.206. The van der Waals surface area contributed by atoms with Crippen LogP contribution in [0.25, 0.3) is 0 Å². The van der Waals surface area contributed by atoms with E-state index in [2.05, 4.69) is 11.9 Å². The van der Waals surface area contributed by atoms with Crippen molar-refractivity contribution in [2.24, 2.45) is 0 Å². The second-order valence-electron chi connectivity index (χ2n) is 6.20. The van der Waals surface area contributed by atoms with Gasteiger partial charge >= 0.3 is 0 Å². The highest BCUT2D eigenvalue weighted by Gasteiger charge is 2.34. The van der Waals surface area contributed by atoms with Crippen LogP contribution in [0, 0.1) is 0 Å². The third kappa shape index (κ3) is 3.12. The van der Waals surface area contributed by atoms with Crippen LogP contribution in [0.3, 0.4) is 0 Å². The number of nitrogen functional groups attached to an aromatic ring is 1. The van der Waals surface area contributed by atoms with Gasteiger partial charge in [-0.2, -0.15) is 0 Å². The molecule has 20 heavy (non-hydrogen) atoms. The van der Waals surface area contributed by atoms with Crippen LogP contribution in [0.2, 0.25) is 0 Å². The van der Waals surface area contributed by atoms with Crippen LogP contribution < -0.4 is 5.73 Å². The van der Waals surface area contributed by atoms with Gasteiger partial charge in [-0.25, -0.2) is 0 Å². The number of nitrogens with two attached hydrogens (primary N) is 1. The Kier molecular flexibility index (Phi) is 4.33. The van der Waals surface area contributed by atoms with Gasteiger partial charge in [-0.15, -0.1) is 0 Å². The fraction of sp³-hybridized carbons (Fsp3) is 0.562. The molecule has 2 N–H and O–H groups in total. The van der Waals surface area contributed by atoms with Crippen molar-refractivity contribution in [1.82, 2.24) is 9.80 Å². The molecule has 0 spiro atoms. The maximum absolute atomic E-state index is 12.8. The average Bonchev–Trinajstić information content (AvgIpc) is 2.63. The molecule has 0 radical (unpaired) electrons. The van der Waals surface area contributed by atoms with Crippen LogP contribution >= 0.6 is 0 Å². The molecule has 1 fully saturated rings. The number of carbonyl (C=O) groups excluding carboxylic acids is 1. The molecule has 4 heteroatoms. The summed E-state index contributed by atoms with van der Waals surface area (Å²) < 4.78 is 0. The summed E-state index contributed by atoms with van der Waals surface area (Å²) in [6, 6.07) is 7.63. The second-order valence-corrected chi connectivity index (χ2v) is 6.20. The first-order valence-electron chi connectivity index (χ1n) is 7.25. The molecule has 4 nitrogen and oxygen atoms in total. The maximum atomic E-state index is 12.8. The molecule has 0 unspecified atom stereocenters. The number of anilines is 1. The predicted octanol–water partition coefficient (Wildman–Crippen LogP) is 1.71. The van der Waals surface area contributed by atoms with E-state index in [1.807, 2.05) is 43.0 Å². The Morgan fingerprint density at radius 3 is 2.40 bits per heavy atom. The molecule has 1 amide bonds. The van der Waals surface area contributed by atoms with Crippen LogP contribution in [-0.2, 0) is 10.2 Å². The van der Waals surface area contributed by atoms with E-state index < -0.39 is 5.41 Å². The zero-order valence-electron chi connectivity index (χ0n) is 12.7. The van der Waals surface area contributed by atoms with Gasteiger partial charge in [0.25, 0.3) is 0 Å². The number of rotatable bonds is 2. The molecule has 1 aliphatic heterocycles. The third-order valence-electron chi connectivity index (χ3n) is 4.17. The maximum Gasteiger partial charge on any atom is 0.232 e. The minimum absolute atomic E-state index is 0.206. The first-order valence-corrected chi connectivity index (χ1v) is 7.25. The summed E-state index contributed by atoms with van der Waals surface area (Å²) >= 11 is 0. The molecule has 1 saturated heterocycles. The van der Waals surface area contributed by atoms with Crippen molar-refractivity contribution >= 4 is 11.6 Å². The van der Waals surface area contributed by atoms with Crippen molar-refractivity contribution in [2.45, 2.75) is 25.7 Å². The molecule has 1 heterocycles. The monoisotopic (exact) mass is 275 g/mol. The second kappa shape index (κ2) is 5.83. The van der Waals surface area contributed by atoms with Gasteiger partial charge in [0.2, 0.25) is 5.91 Å². The Morgan fingerprint density at radius 2 is 1.75 bits per heavy atom. The SMILES string of the molecule is CN1CCCN(C(=O)C(C)(C)c2ccc(N)cc2)CC1. The zero-order valence-corrected chi connectivity index (χ0v) is 12.7. The summed E-state index contributed by atoms with van der Waals surface area (Å²) in [4.78, 5) is 17.1. The van der Waals surface area contributed by atoms with Gasteiger partial charge in [0.15, 0.2) is 0 Å². The summed E-state index contributed by atoms with van der Waals surface area (Å²) in [5.41, 5.74) is 6.97. The molecule has 1 aliphatic rings. The summed E-state index contributed by atoms with van der Waals surface area (Å²) in [7, 11) is 2.11. The van der Waals surface area contributed by atoms with Crippen molar-refractivity contribution in [2.75, 3.05) is 39.0 Å². The highest BCUT2D eigenvalue weighted by molar-refractivity contribution is 5.87. The Balaban J connectivity index is 2.15. The zero-order chi connectivity index (χ0) is 14.8. The van der Waals surface area contributed by atoms with Crippen molar-refractivity contribution in [3.63, 3.8) is 0 Å². The van der Waals surface area contributed by atoms with Crippen molar-refractivity contribution in [3.05, 3.63) is 29.8 Å². The first-order chi connectivity index (χ1) is 9.41. The van der Waals surface area contributed by atoms with E-state index in [0.29, 0.717) is 0 Å². The quantitative estimate of drug-likeness (QED) is 0.836. The lowest BCUT2D eigenvalue weighted by atomic mass is 9.83. The van der Waals surface area contributed by atoms with E-state index in [4.69, 9.17) is 5.73 Å². The molecule has 1 aromatic carbocycles. The third-order valence-corrected chi connectivity index (χ3v) is 4.17. The number of nitrogens with zero attached hydrogens (tertiary/aromatic N) is 2. The minimum Gasteiger partial charge on any atom is -0.399 e. The number of hydrogen-bond donors (Lipinski definition) is 1. The molecule has 0 saturated carbocycles. The van der Waals surface area contributed by atoms with E-state index in [-0.39, 0.29) is 5.91 Å². The lowest BCUT2D eigenvalue weighted by molar-refractivity contribution is -0.136. The lowest BCUT2D eigenvalue weighted by Crippen LogP contribution is -2.45. The van der Waals surface area contributed by atoms with Crippen LogP contribution in [0.1, 0.15) is 25.8 Å². The molecule has 0 aromatic heterocycles. The minimum atomic E-state index is -0.503. The van der Waals surface area contributed by atoms with Gasteiger partial charge < -0.3 is 15.5 Å². The number of benzene rings is 1. The molecule has 2 rings (SSSR count). The molecule has 0 bridgehead atoms. The number of amides is 1. The summed E-state index contributed by atoms with van der Waals surface area (Å²) in [6.07, 6.45) is 1.04. The number of hydrogen-bond acceptors (Lipinski definition) is 3. The molecular weight excluding hydrogens is 250 g/mol. The fourth-order valence-electron chi connectivity index (χ4n) is 2.67. The normalized spacial score (nSPS) is 17.9. The largest absolute Gasteiger partial charge is 0.399 e. The molecular formula is C16H25N3O.